The van der Waals surface area contributed by atoms with Crippen molar-refractivity contribution in [3.63, 3.8) is 0 Å². The Bertz CT molecular complexity index is 2720. The van der Waals surface area contributed by atoms with E-state index in [1.54, 1.807) is 0 Å². The molecule has 0 saturated carbocycles. The number of aromatic nitrogens is 3. The van der Waals surface area contributed by atoms with Crippen LogP contribution in [0.3, 0.4) is 0 Å². The number of fused-ring (bicyclic) bond motifs is 2. The molecule has 1 unspecified atom stereocenters. The van der Waals surface area contributed by atoms with Gasteiger partial charge < -0.3 is 4.57 Å². The number of nitrogens with zero attached hydrogens (tertiary/aromatic N) is 3. The lowest BCUT2D eigenvalue weighted by Crippen LogP contribution is -2.42. The summed E-state index contributed by atoms with van der Waals surface area (Å²) in [6.45, 7) is 8.81. The van der Waals surface area contributed by atoms with Gasteiger partial charge in [-0.3, -0.25) is 0 Å². The second kappa shape index (κ2) is 13.6. The zero-order valence-corrected chi connectivity index (χ0v) is 32.3. The van der Waals surface area contributed by atoms with E-state index in [2.05, 4.69) is 100 Å². The summed E-state index contributed by atoms with van der Waals surface area (Å²) in [7, 11) is -3.13. The van der Waals surface area contributed by atoms with Crippen molar-refractivity contribution in [1.29, 1.82) is 0 Å². The van der Waals surface area contributed by atoms with E-state index in [0.29, 0.717) is 17.5 Å². The van der Waals surface area contributed by atoms with Gasteiger partial charge in [-0.2, -0.15) is 0 Å². The first kappa shape index (κ1) is 34.5. The Hall–Kier alpha value is -6.22. The lowest BCUT2D eigenvalue weighted by Gasteiger charge is -2.39. The highest BCUT2D eigenvalue weighted by Gasteiger charge is 2.44. The van der Waals surface area contributed by atoms with Gasteiger partial charge in [0.15, 0.2) is 24.6 Å². The fourth-order valence-corrected chi connectivity index (χ4v) is 11.6. The Morgan fingerprint density at radius 1 is 0.418 bits per heavy atom. The number of aryl methyl sites for hydroxylation is 2. The zero-order chi connectivity index (χ0) is 37.7. The zero-order valence-electron chi connectivity index (χ0n) is 31.4. The molecule has 2 heterocycles. The quantitative estimate of drug-likeness (QED) is 0.160. The van der Waals surface area contributed by atoms with Crippen LogP contribution in [0.1, 0.15) is 36.1 Å². The highest BCUT2D eigenvalue weighted by Crippen LogP contribution is 2.53. The van der Waals surface area contributed by atoms with Crippen LogP contribution in [0, 0.1) is 13.8 Å². The molecule has 9 rings (SSSR count). The average Bonchev–Trinajstić information content (AvgIpc) is 3.23. The van der Waals surface area contributed by atoms with E-state index in [9.17, 15) is 0 Å². The molecule has 8 aromatic rings. The van der Waals surface area contributed by atoms with Crippen molar-refractivity contribution in [2.45, 2.75) is 33.1 Å². The summed E-state index contributed by atoms with van der Waals surface area (Å²) in [5.74, 6) is 1.93. The molecule has 1 aliphatic rings. The van der Waals surface area contributed by atoms with E-state index < -0.39 is 7.14 Å². The molecule has 5 heteroatoms. The molecule has 0 fully saturated rings. The standard InChI is InChI=1S/C50H40N3OP/c1-33-30-37(38-26-29-44-46(32-38)55(54,40-20-12-7-13-21-40)45-23-15-14-22-43(45)50(44,3)4)24-27-41(33)42-28-25-39(31-34(42)2)49-52-47(35-16-8-5-9-17-35)51-48(53-49)36-18-10-6-11-19-36/h5-32H,1-4H3. The number of hydrogen-bond acceptors (Lipinski definition) is 4. The molecule has 55 heavy (non-hydrogen) atoms. The summed E-state index contributed by atoms with van der Waals surface area (Å²) in [5, 5.41) is 2.73. The van der Waals surface area contributed by atoms with Crippen LogP contribution in [0.15, 0.2) is 170 Å². The first-order chi connectivity index (χ1) is 26.7. The minimum absolute atomic E-state index is 0.288. The molecule has 4 nitrogen and oxygen atoms in total. The van der Waals surface area contributed by atoms with Gasteiger partial charge >= 0.3 is 0 Å². The Balaban J connectivity index is 1.09. The van der Waals surface area contributed by atoms with Crippen LogP contribution in [0.4, 0.5) is 0 Å². The fourth-order valence-electron chi connectivity index (χ4n) is 8.16. The molecular weight excluding hydrogens is 690 g/mol. The van der Waals surface area contributed by atoms with Gasteiger partial charge in [0.05, 0.1) is 0 Å². The lowest BCUT2D eigenvalue weighted by atomic mass is 9.77. The van der Waals surface area contributed by atoms with E-state index in [0.717, 1.165) is 66.0 Å². The Kier molecular flexibility index (Phi) is 8.52. The second-order valence-electron chi connectivity index (χ2n) is 14.9. The van der Waals surface area contributed by atoms with Gasteiger partial charge in [-0.25, -0.2) is 15.0 Å². The number of hydrogen-bond donors (Lipinski definition) is 0. The first-order valence-electron chi connectivity index (χ1n) is 18.7. The predicted molar refractivity (Wildman–Crippen MR) is 228 cm³/mol. The Morgan fingerprint density at radius 2 is 0.855 bits per heavy atom. The molecule has 7 aromatic carbocycles. The van der Waals surface area contributed by atoms with Crippen LogP contribution in [-0.4, -0.2) is 15.0 Å². The third kappa shape index (κ3) is 5.95. The van der Waals surface area contributed by atoms with Gasteiger partial charge in [-0.1, -0.05) is 172 Å². The maximum Gasteiger partial charge on any atom is 0.171 e. The van der Waals surface area contributed by atoms with Gasteiger partial charge in [0, 0.05) is 38.0 Å². The van der Waals surface area contributed by atoms with Gasteiger partial charge in [-0.05, 0) is 70.5 Å². The summed E-state index contributed by atoms with van der Waals surface area (Å²) in [4.78, 5) is 14.7. The van der Waals surface area contributed by atoms with E-state index in [4.69, 9.17) is 15.0 Å². The van der Waals surface area contributed by atoms with Crippen LogP contribution < -0.4 is 15.9 Å². The van der Waals surface area contributed by atoms with Crippen molar-refractivity contribution in [3.05, 3.63) is 192 Å². The average molecular weight is 730 g/mol. The second-order valence-corrected chi connectivity index (χ2v) is 17.6. The summed E-state index contributed by atoms with van der Waals surface area (Å²) in [5.41, 5.74) is 11.6. The maximum atomic E-state index is 15.6. The van der Waals surface area contributed by atoms with Crippen LogP contribution in [-0.2, 0) is 9.98 Å². The molecule has 0 saturated heterocycles. The third-order valence-electron chi connectivity index (χ3n) is 11.1. The molecule has 266 valence electrons. The smallest absolute Gasteiger partial charge is 0.171 e. The molecule has 0 aliphatic carbocycles. The highest BCUT2D eigenvalue weighted by molar-refractivity contribution is 7.85. The highest BCUT2D eigenvalue weighted by atomic mass is 31.2. The summed E-state index contributed by atoms with van der Waals surface area (Å²) in [6, 6.07) is 58.1. The van der Waals surface area contributed by atoms with Gasteiger partial charge in [0.1, 0.15) is 0 Å². The molecule has 1 aliphatic heterocycles. The molecule has 0 bridgehead atoms. The van der Waals surface area contributed by atoms with Crippen molar-refractivity contribution < 1.29 is 4.57 Å². The van der Waals surface area contributed by atoms with Crippen LogP contribution in [0.25, 0.3) is 56.4 Å². The topological polar surface area (TPSA) is 55.7 Å². The largest absolute Gasteiger partial charge is 0.309 e. The van der Waals surface area contributed by atoms with Crippen molar-refractivity contribution in [2.24, 2.45) is 0 Å². The van der Waals surface area contributed by atoms with Gasteiger partial charge in [-0.15, -0.1) is 0 Å². The normalized spacial score (nSPS) is 15.6. The van der Waals surface area contributed by atoms with E-state index >= 15 is 4.57 Å². The van der Waals surface area contributed by atoms with Crippen LogP contribution >= 0.6 is 7.14 Å². The van der Waals surface area contributed by atoms with E-state index in [1.807, 2.05) is 97.1 Å². The maximum absolute atomic E-state index is 15.6. The summed E-state index contributed by atoms with van der Waals surface area (Å²) < 4.78 is 15.6. The molecular formula is C50H40N3OP. The van der Waals surface area contributed by atoms with Gasteiger partial charge in [0.2, 0.25) is 0 Å². The lowest BCUT2D eigenvalue weighted by molar-refractivity contribution is 0.586. The molecule has 0 spiro atoms. The van der Waals surface area contributed by atoms with Crippen molar-refractivity contribution in [2.75, 3.05) is 0 Å². The molecule has 1 aromatic heterocycles. The summed E-state index contributed by atoms with van der Waals surface area (Å²) in [6.07, 6.45) is 0. The molecule has 0 radical (unpaired) electrons. The molecule has 1 atom stereocenters. The van der Waals surface area contributed by atoms with Gasteiger partial charge in [0.25, 0.3) is 0 Å². The van der Waals surface area contributed by atoms with Crippen LogP contribution in [0.2, 0.25) is 0 Å². The monoisotopic (exact) mass is 729 g/mol. The minimum Gasteiger partial charge on any atom is -0.309 e. The molecule has 0 amide bonds. The molecule has 0 N–H and O–H groups in total. The predicted octanol–water partition coefficient (Wildman–Crippen LogP) is 11.1. The number of benzene rings is 7. The van der Waals surface area contributed by atoms with E-state index in [-0.39, 0.29) is 5.41 Å². The first-order valence-corrected chi connectivity index (χ1v) is 20.4. The summed E-state index contributed by atoms with van der Waals surface area (Å²) >= 11 is 0. The Labute approximate surface area is 323 Å². The minimum atomic E-state index is -3.13. The van der Waals surface area contributed by atoms with Crippen molar-refractivity contribution in [1.82, 2.24) is 15.0 Å². The Morgan fingerprint density at radius 3 is 1.44 bits per heavy atom. The fraction of sp³-hybridized carbons (Fsp3) is 0.100. The number of rotatable bonds is 6. The van der Waals surface area contributed by atoms with Crippen molar-refractivity contribution in [3.8, 4) is 56.4 Å². The third-order valence-corrected chi connectivity index (χ3v) is 14.2. The van der Waals surface area contributed by atoms with Crippen LogP contribution in [0.5, 0.6) is 0 Å². The van der Waals surface area contributed by atoms with E-state index in [1.165, 1.54) is 11.1 Å². The van der Waals surface area contributed by atoms with Crippen molar-refractivity contribution >= 4 is 23.1 Å². The SMILES string of the molecule is Cc1cc(-c2ccc3c(c2)P(=O)(c2ccccc2)c2ccccc2C3(C)C)ccc1-c1ccc(-c2nc(-c3ccccc3)nc(-c3ccccc3)n2)cc1C.